The third-order valence-corrected chi connectivity index (χ3v) is 7.62. The average Bonchev–Trinajstić information content (AvgIpc) is 3.50. The highest BCUT2D eigenvalue weighted by atomic mass is 35.5. The normalized spacial score (nSPS) is 19.4. The number of anilines is 1. The van der Waals surface area contributed by atoms with Gasteiger partial charge in [-0.15, -0.1) is 0 Å². The lowest BCUT2D eigenvalue weighted by Crippen LogP contribution is -2.36. The first-order chi connectivity index (χ1) is 18.1. The molecule has 4 rings (SSSR count). The Bertz CT molecular complexity index is 1380. The molecule has 0 fully saturated rings. The highest BCUT2D eigenvalue weighted by molar-refractivity contribution is 7.52. The predicted octanol–water partition coefficient (Wildman–Crippen LogP) is 4.32. The van der Waals surface area contributed by atoms with Crippen molar-refractivity contribution in [3.05, 3.63) is 47.8 Å². The number of nitrogens with one attached hydrogen (secondary N) is 1. The second-order valence-electron chi connectivity index (χ2n) is 9.01. The molecule has 0 saturated carbocycles. The second-order valence-corrected chi connectivity index (χ2v) is 11.1. The summed E-state index contributed by atoms with van der Waals surface area (Å²) in [6.45, 7) is 5.02. The largest absolute Gasteiger partial charge is 0.479 e. The molecule has 2 heterocycles. The van der Waals surface area contributed by atoms with E-state index in [1.54, 1.807) is 44.4 Å². The van der Waals surface area contributed by atoms with E-state index >= 15 is 0 Å². The van der Waals surface area contributed by atoms with E-state index < -0.39 is 19.8 Å². The molecule has 1 aliphatic carbocycles. The summed E-state index contributed by atoms with van der Waals surface area (Å²) in [6, 6.07) is 5.50. The number of imidazole rings is 1. The number of carbonyl (C=O) groups is 1. The highest BCUT2D eigenvalue weighted by Crippen LogP contribution is 2.48. The van der Waals surface area contributed by atoms with Crippen LogP contribution in [0.5, 0.6) is 11.6 Å². The van der Waals surface area contributed by atoms with E-state index in [9.17, 15) is 9.36 Å². The van der Waals surface area contributed by atoms with Crippen LogP contribution < -0.4 is 20.1 Å². The Morgan fingerprint density at radius 2 is 2.03 bits per heavy atom. The number of esters is 1. The van der Waals surface area contributed by atoms with E-state index in [1.807, 2.05) is 16.7 Å². The van der Waals surface area contributed by atoms with Crippen LogP contribution in [-0.2, 0) is 18.6 Å². The predicted molar refractivity (Wildman–Crippen MR) is 142 cm³/mol. The molecule has 4 atom stereocenters. The van der Waals surface area contributed by atoms with Gasteiger partial charge in [0.2, 0.25) is 11.8 Å². The van der Waals surface area contributed by atoms with E-state index in [2.05, 4.69) is 20.0 Å². The van der Waals surface area contributed by atoms with E-state index in [4.69, 9.17) is 35.9 Å². The van der Waals surface area contributed by atoms with Gasteiger partial charge in [0.15, 0.2) is 11.2 Å². The Morgan fingerprint density at radius 1 is 1.26 bits per heavy atom. The fourth-order valence-electron chi connectivity index (χ4n) is 3.93. The van der Waals surface area contributed by atoms with Crippen LogP contribution in [0.3, 0.4) is 0 Å². The van der Waals surface area contributed by atoms with Crippen molar-refractivity contribution in [1.29, 1.82) is 0 Å². The third-order valence-electron chi connectivity index (χ3n) is 5.68. The summed E-state index contributed by atoms with van der Waals surface area (Å²) in [5.41, 5.74) is 6.87. The molecule has 204 valence electrons. The summed E-state index contributed by atoms with van der Waals surface area (Å²) >= 11 is 6.21. The number of aromatic nitrogens is 4. The van der Waals surface area contributed by atoms with E-state index in [0.717, 1.165) is 0 Å². The quantitative estimate of drug-likeness (QED) is 0.194. The maximum Gasteiger partial charge on any atom is 0.459 e. The van der Waals surface area contributed by atoms with Crippen LogP contribution in [0.2, 0.25) is 5.02 Å². The monoisotopic (exact) mass is 564 g/mol. The van der Waals surface area contributed by atoms with E-state index in [-0.39, 0.29) is 41.4 Å². The van der Waals surface area contributed by atoms with Gasteiger partial charge in [0.25, 0.3) is 0 Å². The molecule has 3 N–H and O–H groups in total. The first kappa shape index (κ1) is 27.8. The molecule has 0 aliphatic heterocycles. The van der Waals surface area contributed by atoms with Crippen LogP contribution in [0.25, 0.3) is 11.2 Å². The maximum absolute atomic E-state index is 13.8. The van der Waals surface area contributed by atoms with Gasteiger partial charge in [-0.25, -0.2) is 9.55 Å². The summed E-state index contributed by atoms with van der Waals surface area (Å²) in [5.74, 6) is -0.184. The van der Waals surface area contributed by atoms with Gasteiger partial charge in [0.05, 0.1) is 37.2 Å². The highest BCUT2D eigenvalue weighted by Gasteiger charge is 2.35. The molecule has 0 saturated heterocycles. The number of benzene rings is 1. The van der Waals surface area contributed by atoms with Crippen molar-refractivity contribution in [1.82, 2.24) is 24.6 Å². The number of hydrogen-bond acceptors (Lipinski definition) is 10. The molecule has 1 unspecified atom stereocenters. The number of carbonyl (C=O) groups excluding carboxylic acids is 1. The number of ether oxygens (including phenoxy) is 2. The van der Waals surface area contributed by atoms with Crippen LogP contribution in [0.15, 0.2) is 42.7 Å². The second kappa shape index (κ2) is 11.7. The fraction of sp³-hybridized carbons (Fsp3) is 0.417. The Morgan fingerprint density at radius 3 is 2.74 bits per heavy atom. The van der Waals surface area contributed by atoms with Crippen molar-refractivity contribution in [3.8, 4) is 11.6 Å². The summed E-state index contributed by atoms with van der Waals surface area (Å²) < 4.78 is 37.7. The summed E-state index contributed by atoms with van der Waals surface area (Å²) in [5, 5.41) is 2.92. The summed E-state index contributed by atoms with van der Waals surface area (Å²) in [6.07, 6.45) is 5.85. The minimum atomic E-state index is -4.05. The lowest BCUT2D eigenvalue weighted by atomic mass is 10.1. The van der Waals surface area contributed by atoms with Gasteiger partial charge in [0.1, 0.15) is 11.8 Å². The molecule has 0 bridgehead atoms. The Labute approximate surface area is 225 Å². The average molecular weight is 565 g/mol. The number of para-hydroxylation sites is 1. The van der Waals surface area contributed by atoms with E-state index in [1.165, 1.54) is 14.0 Å². The molecular weight excluding hydrogens is 535 g/mol. The van der Waals surface area contributed by atoms with Crippen molar-refractivity contribution in [2.75, 3.05) is 19.5 Å². The molecule has 12 nitrogen and oxygen atoms in total. The maximum atomic E-state index is 13.8. The zero-order chi connectivity index (χ0) is 27.4. The van der Waals surface area contributed by atoms with Crippen molar-refractivity contribution in [2.24, 2.45) is 5.92 Å². The van der Waals surface area contributed by atoms with Gasteiger partial charge >= 0.3 is 13.7 Å². The molecule has 3 aromatic rings. The molecule has 0 radical (unpaired) electrons. The first-order valence-electron chi connectivity index (χ1n) is 12.0. The zero-order valence-electron chi connectivity index (χ0n) is 21.4. The first-order valence-corrected chi connectivity index (χ1v) is 13.9. The zero-order valence-corrected chi connectivity index (χ0v) is 23.1. The van der Waals surface area contributed by atoms with Crippen molar-refractivity contribution < 1.29 is 27.9 Å². The molecular formula is C24H30ClN6O6P. The fourth-order valence-corrected chi connectivity index (χ4v) is 5.72. The number of nitrogens with zero attached hydrogens (tertiary/aromatic N) is 4. The number of nitrogen functional groups attached to an aromatic ring is 1. The number of nitrogens with two attached hydrogens (primary N) is 1. The van der Waals surface area contributed by atoms with Gasteiger partial charge in [-0.05, 0) is 39.3 Å². The minimum absolute atomic E-state index is 0.0424. The number of hydrogen-bond donors (Lipinski definition) is 2. The standard InChI is InChI=1S/C24H30ClN6O6P/c1-14(2)36-23(32)15(3)30-38(33,37-19-8-6-5-7-18(19)25)35-12-16-9-10-17(11-16)31-13-27-20-21(31)28-24(26)29-22(20)34-4/h5-10,13-17H,11-12H2,1-4H3,(H,30,33)(H2,26,28,29)/t15-,16+,17-,38?/m0/s1. The number of halogens is 1. The third kappa shape index (κ3) is 6.44. The van der Waals surface area contributed by atoms with E-state index in [0.29, 0.717) is 23.5 Å². The molecule has 0 spiro atoms. The van der Waals surface area contributed by atoms with Crippen LogP contribution in [0, 0.1) is 5.92 Å². The molecule has 1 aromatic carbocycles. The smallest absolute Gasteiger partial charge is 0.459 e. The molecule has 14 heteroatoms. The Hall–Kier alpha value is -3.18. The van der Waals surface area contributed by atoms with Gasteiger partial charge in [-0.3, -0.25) is 9.32 Å². The van der Waals surface area contributed by atoms with Crippen molar-refractivity contribution in [2.45, 2.75) is 45.4 Å². The minimum Gasteiger partial charge on any atom is -0.479 e. The lowest BCUT2D eigenvalue weighted by Gasteiger charge is -2.24. The van der Waals surface area contributed by atoms with Gasteiger partial charge in [0, 0.05) is 5.92 Å². The van der Waals surface area contributed by atoms with Gasteiger partial charge in [-0.1, -0.05) is 35.9 Å². The Kier molecular flexibility index (Phi) is 8.57. The molecule has 1 aliphatic rings. The van der Waals surface area contributed by atoms with Crippen molar-refractivity contribution >= 4 is 42.4 Å². The number of rotatable bonds is 11. The SMILES string of the molecule is COc1nc(N)nc2c1ncn2[C@H]1C=C[C@@H](COP(=O)(N[C@@H](C)C(=O)OC(C)C)Oc2ccccc2Cl)C1. The van der Waals surface area contributed by atoms with Gasteiger partial charge in [-0.2, -0.15) is 15.1 Å². The number of fused-ring (bicyclic) bond motifs is 1. The van der Waals surface area contributed by atoms with Crippen LogP contribution >= 0.6 is 19.3 Å². The molecule has 0 amide bonds. The lowest BCUT2D eigenvalue weighted by molar-refractivity contribution is -0.149. The van der Waals surface area contributed by atoms with Crippen LogP contribution in [0.4, 0.5) is 5.95 Å². The number of methoxy groups -OCH3 is 1. The Balaban J connectivity index is 1.47. The van der Waals surface area contributed by atoms with Crippen LogP contribution in [-0.4, -0.2) is 51.4 Å². The number of allylic oxidation sites excluding steroid dienone is 1. The molecule has 38 heavy (non-hydrogen) atoms. The van der Waals surface area contributed by atoms with Gasteiger partial charge < -0.3 is 24.3 Å². The summed E-state index contributed by atoms with van der Waals surface area (Å²) in [4.78, 5) is 25.1. The van der Waals surface area contributed by atoms with Crippen LogP contribution in [0.1, 0.15) is 33.2 Å². The molecule has 2 aromatic heterocycles. The topological polar surface area (TPSA) is 153 Å². The van der Waals surface area contributed by atoms with Crippen molar-refractivity contribution in [3.63, 3.8) is 0 Å². The summed E-state index contributed by atoms with van der Waals surface area (Å²) in [7, 11) is -2.56.